The maximum absolute atomic E-state index is 15.3. The lowest BCUT2D eigenvalue weighted by molar-refractivity contribution is -0.108. The lowest BCUT2D eigenvalue weighted by Crippen LogP contribution is -2.07. The van der Waals surface area contributed by atoms with Crippen molar-refractivity contribution in [3.05, 3.63) is 87.9 Å². The van der Waals surface area contributed by atoms with Crippen molar-refractivity contribution in [3.8, 4) is 22.9 Å². The number of hydrogen-bond donors (Lipinski definition) is 0. The summed E-state index contributed by atoms with van der Waals surface area (Å²) in [5.74, 6) is -2.59. The predicted molar refractivity (Wildman–Crippen MR) is 145 cm³/mol. The maximum atomic E-state index is 15.3. The van der Waals surface area contributed by atoms with Crippen LogP contribution < -0.4 is 4.74 Å². The number of halogens is 3. The van der Waals surface area contributed by atoms with Gasteiger partial charge in [-0.15, -0.1) is 0 Å². The summed E-state index contributed by atoms with van der Waals surface area (Å²) in [7, 11) is 1.48. The Morgan fingerprint density at radius 1 is 1.00 bits per heavy atom. The molecule has 1 unspecified atom stereocenters. The molecule has 198 valence electrons. The monoisotopic (exact) mass is 529 g/mol. The number of rotatable bonds is 9. The number of methoxy groups -OCH3 is 1. The fourth-order valence-electron chi connectivity index (χ4n) is 3.24. The van der Waals surface area contributed by atoms with Gasteiger partial charge in [-0.25, -0.2) is 8.78 Å². The summed E-state index contributed by atoms with van der Waals surface area (Å²) in [5.41, 5.74) is 0.652. The van der Waals surface area contributed by atoms with Gasteiger partial charge in [-0.05, 0) is 35.4 Å². The summed E-state index contributed by atoms with van der Waals surface area (Å²) in [6.07, 6.45) is 3.31. The molecule has 7 heteroatoms. The first kappa shape index (κ1) is 31.8. The van der Waals surface area contributed by atoms with Gasteiger partial charge in [-0.2, -0.15) is 5.26 Å². The molecule has 0 spiro atoms. The Kier molecular flexibility index (Phi) is 14.8. The van der Waals surface area contributed by atoms with Crippen LogP contribution in [0.15, 0.2) is 54.6 Å². The molecule has 0 aromatic heterocycles. The molecular weight excluding hydrogens is 496 g/mol. The van der Waals surface area contributed by atoms with Gasteiger partial charge in [-0.1, -0.05) is 82.5 Å². The van der Waals surface area contributed by atoms with Crippen LogP contribution in [0.1, 0.15) is 63.1 Å². The van der Waals surface area contributed by atoms with Crippen molar-refractivity contribution in [3.63, 3.8) is 0 Å². The van der Waals surface area contributed by atoms with E-state index in [0.29, 0.717) is 11.8 Å². The number of nitrogens with zero attached hydrogens (tertiary/aromatic N) is 1. The first-order chi connectivity index (χ1) is 17.9. The third-order valence-corrected chi connectivity index (χ3v) is 5.63. The van der Waals surface area contributed by atoms with Crippen molar-refractivity contribution in [2.75, 3.05) is 20.3 Å². The fraction of sp³-hybridized carbons (Fsp3) is 0.333. The third-order valence-electron chi connectivity index (χ3n) is 5.25. The van der Waals surface area contributed by atoms with E-state index in [9.17, 15) is 14.4 Å². The Morgan fingerprint density at radius 2 is 1.65 bits per heavy atom. The van der Waals surface area contributed by atoms with Gasteiger partial charge in [-0.3, -0.25) is 0 Å². The smallest absolute Gasteiger partial charge is 0.174 e. The molecule has 0 radical (unpaired) electrons. The Balaban J connectivity index is 0.00000104. The van der Waals surface area contributed by atoms with E-state index in [4.69, 9.17) is 21.1 Å². The third kappa shape index (κ3) is 8.66. The number of carbonyl (C=O) groups excluding carboxylic acids is 1. The topological polar surface area (TPSA) is 59.3 Å². The van der Waals surface area contributed by atoms with E-state index in [0.717, 1.165) is 6.07 Å². The molecule has 0 N–H and O–H groups in total. The van der Waals surface area contributed by atoms with Gasteiger partial charge < -0.3 is 14.3 Å². The number of carbonyl (C=O) groups is 1. The van der Waals surface area contributed by atoms with Gasteiger partial charge in [0.2, 0.25) is 0 Å². The predicted octanol–water partition coefficient (Wildman–Crippen LogP) is 8.35. The number of benzene rings is 3. The lowest BCUT2D eigenvalue weighted by Gasteiger charge is -2.17. The SMILES string of the molecule is CC.CCCC.COCCOc1ccc(C#N)c(-c2cc(C(C=O)c3ccccc3)cc(F)c2Cl)c1F. The summed E-state index contributed by atoms with van der Waals surface area (Å²) in [4.78, 5) is 11.8. The highest BCUT2D eigenvalue weighted by atomic mass is 35.5. The first-order valence-electron chi connectivity index (χ1n) is 12.3. The molecule has 0 amide bonds. The van der Waals surface area contributed by atoms with Crippen LogP contribution >= 0.6 is 11.6 Å². The van der Waals surface area contributed by atoms with Gasteiger partial charge >= 0.3 is 0 Å². The highest BCUT2D eigenvalue weighted by Gasteiger charge is 2.23. The van der Waals surface area contributed by atoms with Gasteiger partial charge in [0.1, 0.15) is 18.7 Å². The minimum Gasteiger partial charge on any atom is -0.488 e. The zero-order valence-electron chi connectivity index (χ0n) is 22.0. The Hall–Kier alpha value is -3.27. The van der Waals surface area contributed by atoms with Crippen LogP contribution in [0.25, 0.3) is 11.1 Å². The van der Waals surface area contributed by atoms with E-state index < -0.39 is 17.6 Å². The Bertz CT molecular complexity index is 1160. The zero-order chi connectivity index (χ0) is 27.8. The molecule has 0 aliphatic carbocycles. The summed E-state index contributed by atoms with van der Waals surface area (Å²) < 4.78 is 40.3. The lowest BCUT2D eigenvalue weighted by atomic mass is 9.89. The molecule has 4 nitrogen and oxygen atoms in total. The molecule has 0 saturated carbocycles. The molecule has 1 atom stereocenters. The summed E-state index contributed by atoms with van der Waals surface area (Å²) in [6.45, 7) is 8.68. The standard InChI is InChI=1S/C24H18ClF2NO3.C4H10.C2H6/c1-30-9-10-31-21-8-7-16(13-28)22(24(21)27)18-11-17(12-20(26)23(18)25)19(14-29)15-5-3-2-4-6-15;1-3-4-2;1-2/h2-8,11-12,14,19H,9-10H2,1H3;3-4H2,1-2H3;1-2H3. The average Bonchev–Trinajstić information content (AvgIpc) is 2.94. The largest absolute Gasteiger partial charge is 0.488 e. The normalized spacial score (nSPS) is 10.7. The quantitative estimate of drug-likeness (QED) is 0.206. The van der Waals surface area contributed by atoms with Crippen LogP contribution in [0, 0.1) is 23.0 Å². The van der Waals surface area contributed by atoms with E-state index in [1.807, 2.05) is 19.9 Å². The summed E-state index contributed by atoms with van der Waals surface area (Å²) >= 11 is 6.17. The molecule has 0 aliphatic rings. The van der Waals surface area contributed by atoms with Gasteiger partial charge in [0.05, 0.1) is 29.2 Å². The molecule has 0 aliphatic heterocycles. The average molecular weight is 530 g/mol. The van der Waals surface area contributed by atoms with Gasteiger partial charge in [0.25, 0.3) is 0 Å². The van der Waals surface area contributed by atoms with Crippen LogP contribution in [0.4, 0.5) is 8.78 Å². The van der Waals surface area contributed by atoms with Crippen molar-refractivity contribution < 1.29 is 23.0 Å². The molecule has 0 heterocycles. The Morgan fingerprint density at radius 3 is 2.19 bits per heavy atom. The number of aldehydes is 1. The van der Waals surface area contributed by atoms with Gasteiger partial charge in [0, 0.05) is 18.2 Å². The van der Waals surface area contributed by atoms with Crippen LogP contribution in [-0.2, 0) is 9.53 Å². The Labute approximate surface area is 223 Å². The second-order valence-electron chi connectivity index (χ2n) is 7.64. The number of unbranched alkanes of at least 4 members (excludes halogenated alkanes) is 1. The molecule has 37 heavy (non-hydrogen) atoms. The zero-order valence-corrected chi connectivity index (χ0v) is 22.7. The van der Waals surface area contributed by atoms with Crippen LogP contribution in [0.5, 0.6) is 5.75 Å². The molecule has 0 saturated heterocycles. The number of nitriles is 1. The first-order valence-corrected chi connectivity index (χ1v) is 12.6. The molecule has 0 bridgehead atoms. The summed E-state index contributed by atoms with van der Waals surface area (Å²) in [5, 5.41) is 9.15. The number of ether oxygens (including phenoxy) is 2. The van der Waals surface area contributed by atoms with E-state index in [1.54, 1.807) is 30.3 Å². The highest BCUT2D eigenvalue weighted by molar-refractivity contribution is 6.33. The minimum atomic E-state index is -0.851. The van der Waals surface area contributed by atoms with Crippen molar-refractivity contribution >= 4 is 17.9 Å². The van der Waals surface area contributed by atoms with E-state index in [2.05, 4.69) is 13.8 Å². The van der Waals surface area contributed by atoms with Crippen molar-refractivity contribution in [1.82, 2.24) is 0 Å². The minimum absolute atomic E-state index is 0.0364. The van der Waals surface area contributed by atoms with Crippen molar-refractivity contribution in [1.29, 1.82) is 5.26 Å². The van der Waals surface area contributed by atoms with Crippen molar-refractivity contribution in [2.24, 2.45) is 0 Å². The van der Waals surface area contributed by atoms with Crippen LogP contribution in [0.3, 0.4) is 0 Å². The molecule has 3 rings (SSSR count). The van der Waals surface area contributed by atoms with Crippen molar-refractivity contribution in [2.45, 2.75) is 46.5 Å². The molecule has 3 aromatic carbocycles. The second-order valence-corrected chi connectivity index (χ2v) is 8.02. The molecular formula is C30H34ClF2NO3. The maximum Gasteiger partial charge on any atom is 0.174 e. The fourth-order valence-corrected chi connectivity index (χ4v) is 3.44. The highest BCUT2D eigenvalue weighted by Crippen LogP contribution is 2.40. The van der Waals surface area contributed by atoms with E-state index >= 15 is 4.39 Å². The molecule has 3 aromatic rings. The van der Waals surface area contributed by atoms with Gasteiger partial charge in [0.15, 0.2) is 11.6 Å². The van der Waals surface area contributed by atoms with E-state index in [-0.39, 0.29) is 46.2 Å². The van der Waals surface area contributed by atoms with Crippen LogP contribution in [-0.4, -0.2) is 26.6 Å². The molecule has 0 fully saturated rings. The summed E-state index contributed by atoms with van der Waals surface area (Å²) in [6, 6.07) is 15.9. The second kappa shape index (κ2) is 17.2. The van der Waals surface area contributed by atoms with Crippen LogP contribution in [0.2, 0.25) is 5.02 Å². The van der Waals surface area contributed by atoms with E-state index in [1.165, 1.54) is 38.2 Å². The number of hydrogen-bond acceptors (Lipinski definition) is 4.